The third-order valence-corrected chi connectivity index (χ3v) is 10.8. The van der Waals surface area contributed by atoms with Gasteiger partial charge in [-0.25, -0.2) is 22.0 Å². The van der Waals surface area contributed by atoms with Crippen molar-refractivity contribution in [3.05, 3.63) is 165 Å². The van der Waals surface area contributed by atoms with Crippen LogP contribution in [0.4, 0.5) is 22.0 Å². The fourth-order valence-corrected chi connectivity index (χ4v) is 7.45. The summed E-state index contributed by atoms with van der Waals surface area (Å²) in [4.78, 5) is 14.9. The Balaban J connectivity index is 1.06. The van der Waals surface area contributed by atoms with E-state index in [4.69, 9.17) is 21.1 Å². The van der Waals surface area contributed by atoms with Gasteiger partial charge in [0.2, 0.25) is 5.82 Å². The molecule has 5 aromatic carbocycles. The van der Waals surface area contributed by atoms with E-state index in [2.05, 4.69) is 10.2 Å². The number of carbonyl (C=O) groups excluding carboxylic acids is 1. The van der Waals surface area contributed by atoms with Crippen molar-refractivity contribution >= 4 is 17.5 Å². The summed E-state index contributed by atoms with van der Waals surface area (Å²) in [6, 6.07) is 29.2. The van der Waals surface area contributed by atoms with E-state index in [1.165, 1.54) is 0 Å². The lowest BCUT2D eigenvalue weighted by atomic mass is 9.84. The normalized spacial score (nSPS) is 19.8. The van der Waals surface area contributed by atoms with Gasteiger partial charge in [-0.1, -0.05) is 96.5 Å². The molecule has 0 radical (unpaired) electrons. The van der Waals surface area contributed by atoms with Gasteiger partial charge in [0.15, 0.2) is 29.6 Å². The minimum atomic E-state index is -2.34. The van der Waals surface area contributed by atoms with Gasteiger partial charge in [0.1, 0.15) is 5.56 Å². The number of nitrogens with one attached hydrogen (secondary N) is 1. The van der Waals surface area contributed by atoms with E-state index in [1.54, 1.807) is 36.4 Å². The minimum Gasteiger partial charge on any atom is -0.392 e. The molecule has 2 saturated heterocycles. The molecule has 0 bridgehead atoms. The largest absolute Gasteiger partial charge is 0.392 e. The summed E-state index contributed by atoms with van der Waals surface area (Å²) in [5.74, 6) is -12.6. The second-order valence-electron chi connectivity index (χ2n) is 14.1. The van der Waals surface area contributed by atoms with Gasteiger partial charge in [0.05, 0.1) is 24.4 Å². The number of ether oxygens (including phenoxy) is 2. The molecule has 5 aromatic rings. The Hall–Kier alpha value is -4.69. The van der Waals surface area contributed by atoms with Gasteiger partial charge in [-0.15, -0.1) is 0 Å². The van der Waals surface area contributed by atoms with Crippen molar-refractivity contribution in [3.63, 3.8) is 0 Å². The van der Waals surface area contributed by atoms with E-state index in [0.717, 1.165) is 27.8 Å². The lowest BCUT2D eigenvalue weighted by Gasteiger charge is -2.42. The Kier molecular flexibility index (Phi) is 11.9. The Morgan fingerprint density at radius 2 is 1.39 bits per heavy atom. The summed E-state index contributed by atoms with van der Waals surface area (Å²) in [5, 5.41) is 23.9. The standard InChI is InChI=1S/C43H38ClF5N2O5/c44-31-15-13-30(14-16-31)43(54)17-19-51(20-18-43)23-32-21-34(27-7-5-25(24-52)6-8-27)56-42(55-32)28-11-9-26(10-12-28)33-4-2-1-3-29(33)22-50-41(53)35-36(45)38(47)40(49)39(48)37(35)46/h1-16,32,34,42,52,54H,17-24H2,(H,50,53)/t32-,34+,42+/m0/s1. The number of piperidine rings is 1. The lowest BCUT2D eigenvalue weighted by molar-refractivity contribution is -0.253. The Labute approximate surface area is 325 Å². The molecular formula is C43H38ClF5N2O5. The summed E-state index contributed by atoms with van der Waals surface area (Å²) < 4.78 is 82.7. The number of amides is 1. The number of nitrogens with zero attached hydrogens (tertiary/aromatic N) is 1. The molecular weight excluding hydrogens is 755 g/mol. The van der Waals surface area contributed by atoms with Crippen molar-refractivity contribution in [2.45, 2.75) is 56.5 Å². The van der Waals surface area contributed by atoms with E-state index < -0.39 is 52.4 Å². The van der Waals surface area contributed by atoms with Crippen LogP contribution >= 0.6 is 11.6 Å². The Morgan fingerprint density at radius 1 is 0.786 bits per heavy atom. The quantitative estimate of drug-likeness (QED) is 0.0746. The molecule has 292 valence electrons. The zero-order valence-electron chi connectivity index (χ0n) is 30.0. The van der Waals surface area contributed by atoms with Crippen LogP contribution in [0.1, 0.15) is 69.8 Å². The van der Waals surface area contributed by atoms with Crippen LogP contribution in [-0.2, 0) is 28.2 Å². The number of carbonyl (C=O) groups is 1. The highest BCUT2D eigenvalue weighted by molar-refractivity contribution is 6.30. The van der Waals surface area contributed by atoms with Gasteiger partial charge in [-0.2, -0.15) is 0 Å². The average molecular weight is 793 g/mol. The van der Waals surface area contributed by atoms with Gasteiger partial charge in [0, 0.05) is 43.2 Å². The number of hydrogen-bond acceptors (Lipinski definition) is 6. The van der Waals surface area contributed by atoms with E-state index >= 15 is 0 Å². The molecule has 2 fully saturated rings. The number of rotatable bonds is 10. The molecule has 2 heterocycles. The molecule has 0 spiro atoms. The Bertz CT molecular complexity index is 2150. The van der Waals surface area contributed by atoms with Gasteiger partial charge < -0.3 is 29.9 Å². The summed E-state index contributed by atoms with van der Waals surface area (Å²) in [6.07, 6.45) is 0.407. The first-order chi connectivity index (χ1) is 26.9. The maximum absolute atomic E-state index is 14.3. The number of benzene rings is 5. The first kappa shape index (κ1) is 39.5. The highest BCUT2D eigenvalue weighted by atomic mass is 35.5. The van der Waals surface area contributed by atoms with Crippen LogP contribution in [0.2, 0.25) is 5.02 Å². The third-order valence-electron chi connectivity index (χ3n) is 10.5. The molecule has 0 saturated carbocycles. The summed E-state index contributed by atoms with van der Waals surface area (Å²) in [6.45, 7) is 1.60. The van der Waals surface area contributed by atoms with Gasteiger partial charge >= 0.3 is 0 Å². The summed E-state index contributed by atoms with van der Waals surface area (Å²) >= 11 is 6.07. The Morgan fingerprint density at radius 3 is 2.04 bits per heavy atom. The first-order valence-electron chi connectivity index (χ1n) is 18.1. The average Bonchev–Trinajstić information content (AvgIpc) is 3.22. The van der Waals surface area contributed by atoms with Crippen molar-refractivity contribution in [2.75, 3.05) is 19.6 Å². The molecule has 2 aliphatic heterocycles. The fourth-order valence-electron chi connectivity index (χ4n) is 7.32. The van der Waals surface area contributed by atoms with Crippen LogP contribution in [-0.4, -0.2) is 46.8 Å². The zero-order valence-corrected chi connectivity index (χ0v) is 30.7. The van der Waals surface area contributed by atoms with Crippen LogP contribution in [0.25, 0.3) is 11.1 Å². The maximum Gasteiger partial charge on any atom is 0.257 e. The molecule has 3 N–H and O–H groups in total. The third kappa shape index (κ3) is 8.36. The van der Waals surface area contributed by atoms with Crippen molar-refractivity contribution < 1.29 is 46.4 Å². The van der Waals surface area contributed by atoms with E-state index in [-0.39, 0.29) is 25.4 Å². The predicted molar refractivity (Wildman–Crippen MR) is 199 cm³/mol. The smallest absolute Gasteiger partial charge is 0.257 e. The van der Waals surface area contributed by atoms with Gasteiger partial charge in [-0.05, 0) is 58.4 Å². The topological polar surface area (TPSA) is 91.3 Å². The SMILES string of the molecule is O=C(NCc1ccccc1-c1ccc([C@@H]2O[C@H](CN3CCC(O)(c4ccc(Cl)cc4)CC3)C[C@H](c3ccc(CO)cc3)O2)cc1)c1c(F)c(F)c(F)c(F)c1F. The lowest BCUT2D eigenvalue weighted by Crippen LogP contribution is -2.46. The van der Waals surface area contributed by atoms with Gasteiger partial charge in [0.25, 0.3) is 5.91 Å². The van der Waals surface area contributed by atoms with Crippen LogP contribution in [0.3, 0.4) is 0 Å². The number of likely N-dealkylation sites (tertiary alicyclic amines) is 1. The number of hydrogen-bond donors (Lipinski definition) is 3. The molecule has 0 aliphatic carbocycles. The van der Waals surface area contributed by atoms with Crippen molar-refractivity contribution in [1.29, 1.82) is 0 Å². The molecule has 0 unspecified atom stereocenters. The van der Waals surface area contributed by atoms with Gasteiger partial charge in [-0.3, -0.25) is 4.79 Å². The van der Waals surface area contributed by atoms with E-state index in [9.17, 15) is 37.0 Å². The molecule has 7 nitrogen and oxygen atoms in total. The van der Waals surface area contributed by atoms with Crippen molar-refractivity contribution in [2.24, 2.45) is 0 Å². The summed E-state index contributed by atoms with van der Waals surface area (Å²) in [5.41, 5.74) is 2.71. The highest BCUT2D eigenvalue weighted by Crippen LogP contribution is 2.40. The molecule has 7 rings (SSSR count). The molecule has 13 heteroatoms. The number of aliphatic hydroxyl groups is 2. The first-order valence-corrected chi connectivity index (χ1v) is 18.5. The molecule has 1 amide bonds. The zero-order chi connectivity index (χ0) is 39.6. The van der Waals surface area contributed by atoms with Crippen LogP contribution in [0, 0.1) is 29.1 Å². The number of halogens is 6. The fraction of sp³-hybridized carbons (Fsp3) is 0.279. The molecule has 56 heavy (non-hydrogen) atoms. The predicted octanol–water partition coefficient (Wildman–Crippen LogP) is 8.65. The second-order valence-corrected chi connectivity index (χ2v) is 14.5. The van der Waals surface area contributed by atoms with Crippen LogP contribution < -0.4 is 5.32 Å². The monoisotopic (exact) mass is 792 g/mol. The highest BCUT2D eigenvalue weighted by Gasteiger charge is 2.38. The second kappa shape index (κ2) is 16.8. The minimum absolute atomic E-state index is 0.0787. The van der Waals surface area contributed by atoms with E-state index in [0.29, 0.717) is 55.0 Å². The van der Waals surface area contributed by atoms with Crippen molar-refractivity contribution in [3.8, 4) is 11.1 Å². The summed E-state index contributed by atoms with van der Waals surface area (Å²) in [7, 11) is 0. The van der Waals surface area contributed by atoms with Crippen LogP contribution in [0.15, 0.2) is 97.1 Å². The van der Waals surface area contributed by atoms with Crippen LogP contribution in [0.5, 0.6) is 0 Å². The van der Waals surface area contributed by atoms with Crippen molar-refractivity contribution in [1.82, 2.24) is 10.2 Å². The van der Waals surface area contributed by atoms with E-state index in [1.807, 2.05) is 60.7 Å². The maximum atomic E-state index is 14.3. The molecule has 0 aromatic heterocycles. The number of aliphatic hydroxyl groups excluding tert-OH is 1. The molecule has 3 atom stereocenters. The molecule has 2 aliphatic rings.